The molecule has 1 aliphatic carbocycles. The van der Waals surface area contributed by atoms with Crippen LogP contribution < -0.4 is 0 Å². The Hall–Kier alpha value is -2.70. The van der Waals surface area contributed by atoms with Gasteiger partial charge in [-0.3, -0.25) is 24.1 Å². The van der Waals surface area contributed by atoms with Crippen molar-refractivity contribution in [3.05, 3.63) is 35.9 Å². The van der Waals surface area contributed by atoms with E-state index in [2.05, 4.69) is 0 Å². The molecule has 3 amide bonds. The second-order valence-corrected chi connectivity index (χ2v) is 7.16. The van der Waals surface area contributed by atoms with E-state index in [1.54, 1.807) is 7.05 Å². The zero-order chi connectivity index (χ0) is 19.4. The lowest BCUT2D eigenvalue weighted by Crippen LogP contribution is -2.38. The first-order valence-corrected chi connectivity index (χ1v) is 9.26. The molecule has 7 nitrogen and oxygen atoms in total. The zero-order valence-corrected chi connectivity index (χ0v) is 15.4. The van der Waals surface area contributed by atoms with Crippen molar-refractivity contribution in [2.75, 3.05) is 20.2 Å². The Morgan fingerprint density at radius 1 is 1.07 bits per heavy atom. The SMILES string of the molecule is CN(Cc1ccccc1)C(=O)COC(=O)CN1C(=O)[C@H]2CCCC[C@@H]2C1=O. The molecule has 2 atom stereocenters. The van der Waals surface area contributed by atoms with E-state index in [0.29, 0.717) is 19.4 Å². The van der Waals surface area contributed by atoms with Gasteiger partial charge < -0.3 is 9.64 Å². The number of fused-ring (bicyclic) bond motifs is 1. The van der Waals surface area contributed by atoms with Gasteiger partial charge in [-0.05, 0) is 18.4 Å². The quantitative estimate of drug-likeness (QED) is 0.556. The third-order valence-corrected chi connectivity index (χ3v) is 5.26. The van der Waals surface area contributed by atoms with Crippen LogP contribution in [0.4, 0.5) is 0 Å². The topological polar surface area (TPSA) is 84.0 Å². The fourth-order valence-electron chi connectivity index (χ4n) is 3.76. The minimum Gasteiger partial charge on any atom is -0.454 e. The molecule has 0 unspecified atom stereocenters. The molecule has 7 heteroatoms. The Morgan fingerprint density at radius 2 is 1.67 bits per heavy atom. The smallest absolute Gasteiger partial charge is 0.326 e. The lowest BCUT2D eigenvalue weighted by molar-refractivity contribution is -0.156. The first-order chi connectivity index (χ1) is 13.0. The molecule has 0 N–H and O–H groups in total. The van der Waals surface area contributed by atoms with Gasteiger partial charge in [0.2, 0.25) is 11.8 Å². The van der Waals surface area contributed by atoms with Crippen molar-refractivity contribution in [2.24, 2.45) is 11.8 Å². The number of likely N-dealkylation sites (N-methyl/N-ethyl adjacent to an activating group) is 1. The van der Waals surface area contributed by atoms with Crippen molar-refractivity contribution in [3.63, 3.8) is 0 Å². The highest BCUT2D eigenvalue weighted by Gasteiger charge is 2.48. The minimum atomic E-state index is -0.739. The molecule has 1 saturated heterocycles. The maximum absolute atomic E-state index is 12.4. The number of rotatable bonds is 6. The molecule has 2 aliphatic rings. The molecule has 3 rings (SSSR count). The standard InChI is InChI=1S/C20H24N2O5/c1-21(11-14-7-3-2-4-8-14)17(23)13-27-18(24)12-22-19(25)15-9-5-6-10-16(15)20(22)26/h2-4,7-8,15-16H,5-6,9-13H2,1H3/t15-,16-/m0/s1. The number of nitrogens with zero attached hydrogens (tertiary/aromatic N) is 2. The van der Waals surface area contributed by atoms with Crippen LogP contribution in [0.5, 0.6) is 0 Å². The van der Waals surface area contributed by atoms with Crippen LogP contribution in [0.3, 0.4) is 0 Å². The normalized spacial score (nSPS) is 21.7. The summed E-state index contributed by atoms with van der Waals surface area (Å²) < 4.78 is 5.00. The summed E-state index contributed by atoms with van der Waals surface area (Å²) in [4.78, 5) is 51.3. The third-order valence-electron chi connectivity index (χ3n) is 5.26. The Morgan fingerprint density at radius 3 is 2.26 bits per heavy atom. The number of esters is 1. The van der Waals surface area contributed by atoms with Crippen LogP contribution >= 0.6 is 0 Å². The number of hydrogen-bond acceptors (Lipinski definition) is 5. The summed E-state index contributed by atoms with van der Waals surface area (Å²) in [6, 6.07) is 9.47. The van der Waals surface area contributed by atoms with Crippen LogP contribution in [-0.2, 0) is 30.5 Å². The van der Waals surface area contributed by atoms with Gasteiger partial charge in [-0.1, -0.05) is 43.2 Å². The summed E-state index contributed by atoms with van der Waals surface area (Å²) in [7, 11) is 1.63. The number of likely N-dealkylation sites (tertiary alicyclic amines) is 1. The van der Waals surface area contributed by atoms with Crippen LogP contribution in [0.2, 0.25) is 0 Å². The number of imide groups is 1. The van der Waals surface area contributed by atoms with Crippen molar-refractivity contribution in [1.82, 2.24) is 9.80 Å². The number of carbonyl (C=O) groups is 4. The van der Waals surface area contributed by atoms with Crippen molar-refractivity contribution < 1.29 is 23.9 Å². The Labute approximate surface area is 158 Å². The molecule has 0 bridgehead atoms. The second kappa shape index (κ2) is 8.33. The van der Waals surface area contributed by atoms with Crippen LogP contribution in [0.25, 0.3) is 0 Å². The summed E-state index contributed by atoms with van der Waals surface area (Å²) in [5, 5.41) is 0. The predicted octanol–water partition coefficient (Wildman–Crippen LogP) is 1.36. The lowest BCUT2D eigenvalue weighted by Gasteiger charge is -2.19. The average Bonchev–Trinajstić information content (AvgIpc) is 2.92. The largest absolute Gasteiger partial charge is 0.454 e. The average molecular weight is 372 g/mol. The van der Waals surface area contributed by atoms with Gasteiger partial charge in [0.15, 0.2) is 6.61 Å². The van der Waals surface area contributed by atoms with Gasteiger partial charge in [-0.15, -0.1) is 0 Å². The van der Waals surface area contributed by atoms with Crippen LogP contribution in [0.1, 0.15) is 31.2 Å². The molecule has 27 heavy (non-hydrogen) atoms. The van der Waals surface area contributed by atoms with Crippen LogP contribution in [0, 0.1) is 11.8 Å². The summed E-state index contributed by atoms with van der Waals surface area (Å²) >= 11 is 0. The third kappa shape index (κ3) is 4.35. The van der Waals surface area contributed by atoms with Gasteiger partial charge in [-0.25, -0.2) is 0 Å². The maximum atomic E-state index is 12.4. The maximum Gasteiger partial charge on any atom is 0.326 e. The highest BCUT2D eigenvalue weighted by molar-refractivity contribution is 6.07. The van der Waals surface area contributed by atoms with Crippen LogP contribution in [-0.4, -0.2) is 53.7 Å². The molecular formula is C20H24N2O5. The predicted molar refractivity (Wildman–Crippen MR) is 96.0 cm³/mol. The molecule has 1 heterocycles. The Bertz CT molecular complexity index is 709. The van der Waals surface area contributed by atoms with Gasteiger partial charge in [0.25, 0.3) is 5.91 Å². The number of hydrogen-bond donors (Lipinski definition) is 0. The Kier molecular flexibility index (Phi) is 5.88. The summed E-state index contributed by atoms with van der Waals surface area (Å²) in [6.07, 6.45) is 3.26. The molecule has 144 valence electrons. The highest BCUT2D eigenvalue weighted by atomic mass is 16.5. The van der Waals surface area contributed by atoms with Crippen molar-refractivity contribution in [3.8, 4) is 0 Å². The Balaban J connectivity index is 1.47. The summed E-state index contributed by atoms with van der Waals surface area (Å²) in [5.74, 6) is -2.24. The number of carbonyl (C=O) groups excluding carboxylic acids is 4. The monoisotopic (exact) mass is 372 g/mol. The first-order valence-electron chi connectivity index (χ1n) is 9.26. The number of amides is 3. The van der Waals surface area contributed by atoms with E-state index < -0.39 is 19.1 Å². The van der Waals surface area contributed by atoms with Gasteiger partial charge in [0.1, 0.15) is 6.54 Å². The molecule has 1 aromatic carbocycles. The van der Waals surface area contributed by atoms with E-state index >= 15 is 0 Å². The number of benzene rings is 1. The number of ether oxygens (including phenoxy) is 1. The fraction of sp³-hybridized carbons (Fsp3) is 0.500. The van der Waals surface area contributed by atoms with Gasteiger partial charge >= 0.3 is 5.97 Å². The fourth-order valence-corrected chi connectivity index (χ4v) is 3.76. The van der Waals surface area contributed by atoms with E-state index in [1.165, 1.54) is 4.90 Å². The molecule has 0 aromatic heterocycles. The van der Waals surface area contributed by atoms with Gasteiger partial charge in [0.05, 0.1) is 11.8 Å². The molecule has 1 aromatic rings. The molecule has 1 saturated carbocycles. The van der Waals surface area contributed by atoms with Crippen molar-refractivity contribution in [1.29, 1.82) is 0 Å². The van der Waals surface area contributed by atoms with E-state index in [0.717, 1.165) is 23.3 Å². The second-order valence-electron chi connectivity index (χ2n) is 7.16. The molecule has 0 spiro atoms. The van der Waals surface area contributed by atoms with Gasteiger partial charge in [-0.2, -0.15) is 0 Å². The zero-order valence-electron chi connectivity index (χ0n) is 15.4. The van der Waals surface area contributed by atoms with E-state index in [-0.39, 0.29) is 29.6 Å². The summed E-state index contributed by atoms with van der Waals surface area (Å²) in [6.45, 7) is -0.421. The molecule has 2 fully saturated rings. The summed E-state index contributed by atoms with van der Waals surface area (Å²) in [5.41, 5.74) is 0.968. The molecule has 0 radical (unpaired) electrons. The first kappa shape index (κ1) is 19.1. The minimum absolute atomic E-state index is 0.283. The van der Waals surface area contributed by atoms with E-state index in [1.807, 2.05) is 30.3 Å². The van der Waals surface area contributed by atoms with Crippen LogP contribution in [0.15, 0.2) is 30.3 Å². The van der Waals surface area contributed by atoms with E-state index in [9.17, 15) is 19.2 Å². The molecular weight excluding hydrogens is 348 g/mol. The van der Waals surface area contributed by atoms with E-state index in [4.69, 9.17) is 4.74 Å². The van der Waals surface area contributed by atoms with Crippen molar-refractivity contribution in [2.45, 2.75) is 32.2 Å². The lowest BCUT2D eigenvalue weighted by atomic mass is 9.81. The highest BCUT2D eigenvalue weighted by Crippen LogP contribution is 2.37. The van der Waals surface area contributed by atoms with Crippen molar-refractivity contribution >= 4 is 23.7 Å². The molecule has 1 aliphatic heterocycles. The van der Waals surface area contributed by atoms with Gasteiger partial charge in [0, 0.05) is 13.6 Å².